The molecule has 4 heteroatoms. The highest BCUT2D eigenvalue weighted by Crippen LogP contribution is 2.18. The third kappa shape index (κ3) is 2.25. The van der Waals surface area contributed by atoms with Crippen LogP contribution < -0.4 is 0 Å². The largest absolute Gasteiger partial charge is 0.328 e. The maximum atomic E-state index is 12.0. The van der Waals surface area contributed by atoms with E-state index in [4.69, 9.17) is 0 Å². The molecule has 2 amide bonds. The summed E-state index contributed by atoms with van der Waals surface area (Å²) in [6.07, 6.45) is 3.50. The zero-order valence-electron chi connectivity index (χ0n) is 9.78. The Labute approximate surface area is 91.8 Å². The van der Waals surface area contributed by atoms with E-state index in [1.54, 1.807) is 0 Å². The van der Waals surface area contributed by atoms with E-state index in [1.807, 2.05) is 11.9 Å². The second-order valence-electron chi connectivity index (χ2n) is 4.81. The maximum Gasteiger partial charge on any atom is 0.320 e. The Morgan fingerprint density at radius 3 is 2.67 bits per heavy atom. The van der Waals surface area contributed by atoms with Gasteiger partial charge in [-0.2, -0.15) is 0 Å². The average Bonchev–Trinajstić information content (AvgIpc) is 2.22. The van der Waals surface area contributed by atoms with Crippen molar-refractivity contribution < 1.29 is 4.79 Å². The van der Waals surface area contributed by atoms with Crippen LogP contribution in [0, 0.1) is 0 Å². The molecule has 2 saturated heterocycles. The van der Waals surface area contributed by atoms with E-state index in [-0.39, 0.29) is 6.03 Å². The fourth-order valence-corrected chi connectivity index (χ4v) is 2.62. The van der Waals surface area contributed by atoms with Crippen molar-refractivity contribution in [1.29, 1.82) is 0 Å². The SMILES string of the molecule is CN1CCCC(N2CCCN(C)C2=O)C1. The summed E-state index contributed by atoms with van der Waals surface area (Å²) < 4.78 is 0. The number of hydrogen-bond donors (Lipinski definition) is 0. The number of likely N-dealkylation sites (tertiary alicyclic amines) is 1. The summed E-state index contributed by atoms with van der Waals surface area (Å²) in [4.78, 5) is 18.2. The van der Waals surface area contributed by atoms with E-state index in [1.165, 1.54) is 19.4 Å². The fourth-order valence-electron chi connectivity index (χ4n) is 2.62. The zero-order chi connectivity index (χ0) is 10.8. The van der Waals surface area contributed by atoms with Crippen molar-refractivity contribution in [2.45, 2.75) is 25.3 Å². The van der Waals surface area contributed by atoms with Crippen LogP contribution in [-0.4, -0.2) is 67.0 Å². The Kier molecular flexibility index (Phi) is 3.14. The molecule has 0 spiro atoms. The standard InChI is InChI=1S/C11H21N3O/c1-12-6-3-5-10(9-12)14-8-4-7-13(2)11(14)15/h10H,3-9H2,1-2H3. The fraction of sp³-hybridized carbons (Fsp3) is 0.909. The molecule has 0 bridgehead atoms. The van der Waals surface area contributed by atoms with Crippen LogP contribution in [0.5, 0.6) is 0 Å². The summed E-state index contributed by atoms with van der Waals surface area (Å²) in [6.45, 7) is 4.08. The molecular weight excluding hydrogens is 190 g/mol. The van der Waals surface area contributed by atoms with Crippen LogP contribution in [0.1, 0.15) is 19.3 Å². The molecule has 15 heavy (non-hydrogen) atoms. The highest BCUT2D eigenvalue weighted by molar-refractivity contribution is 5.75. The lowest BCUT2D eigenvalue weighted by Gasteiger charge is -2.42. The van der Waals surface area contributed by atoms with Gasteiger partial charge in [0.1, 0.15) is 0 Å². The summed E-state index contributed by atoms with van der Waals surface area (Å²) in [6, 6.07) is 0.667. The minimum absolute atomic E-state index is 0.224. The van der Waals surface area contributed by atoms with E-state index in [2.05, 4.69) is 16.8 Å². The molecule has 0 radical (unpaired) electrons. The van der Waals surface area contributed by atoms with Crippen LogP contribution in [-0.2, 0) is 0 Å². The smallest absolute Gasteiger partial charge is 0.320 e. The van der Waals surface area contributed by atoms with Gasteiger partial charge in [-0.1, -0.05) is 0 Å². The van der Waals surface area contributed by atoms with E-state index in [0.29, 0.717) is 6.04 Å². The predicted molar refractivity (Wildman–Crippen MR) is 59.9 cm³/mol. The number of carbonyl (C=O) groups excluding carboxylic acids is 1. The van der Waals surface area contributed by atoms with E-state index in [0.717, 1.165) is 26.1 Å². The van der Waals surface area contributed by atoms with Crippen LogP contribution in [0.25, 0.3) is 0 Å². The number of hydrogen-bond acceptors (Lipinski definition) is 2. The van der Waals surface area contributed by atoms with Gasteiger partial charge in [-0.05, 0) is 32.9 Å². The first kappa shape index (κ1) is 10.7. The number of likely N-dealkylation sites (N-methyl/N-ethyl adjacent to an activating group) is 1. The minimum atomic E-state index is 0.224. The normalized spacial score (nSPS) is 29.7. The van der Waals surface area contributed by atoms with Gasteiger partial charge in [0.25, 0.3) is 0 Å². The number of nitrogens with zero attached hydrogens (tertiary/aromatic N) is 3. The molecule has 2 heterocycles. The van der Waals surface area contributed by atoms with Gasteiger partial charge in [-0.25, -0.2) is 4.79 Å². The highest BCUT2D eigenvalue weighted by Gasteiger charge is 2.31. The first-order valence-electron chi connectivity index (χ1n) is 5.89. The topological polar surface area (TPSA) is 26.8 Å². The van der Waals surface area contributed by atoms with E-state index in [9.17, 15) is 4.79 Å². The average molecular weight is 211 g/mol. The molecule has 0 aromatic heterocycles. The van der Waals surface area contributed by atoms with Crippen LogP contribution in [0.2, 0.25) is 0 Å². The number of carbonyl (C=O) groups is 1. The van der Waals surface area contributed by atoms with Gasteiger partial charge in [0, 0.05) is 32.7 Å². The maximum absolute atomic E-state index is 12.0. The van der Waals surface area contributed by atoms with E-state index >= 15 is 0 Å². The number of piperidine rings is 1. The Morgan fingerprint density at radius 1 is 1.13 bits per heavy atom. The summed E-state index contributed by atoms with van der Waals surface area (Å²) in [7, 11) is 4.05. The summed E-state index contributed by atoms with van der Waals surface area (Å²) in [5.41, 5.74) is 0. The Hall–Kier alpha value is -0.770. The van der Waals surface area contributed by atoms with Crippen molar-refractivity contribution in [3.63, 3.8) is 0 Å². The van der Waals surface area contributed by atoms with Gasteiger partial charge in [0.05, 0.1) is 0 Å². The lowest BCUT2D eigenvalue weighted by Crippen LogP contribution is -2.55. The van der Waals surface area contributed by atoms with Crippen molar-refractivity contribution in [2.24, 2.45) is 0 Å². The molecule has 0 N–H and O–H groups in total. The quantitative estimate of drug-likeness (QED) is 0.642. The second kappa shape index (κ2) is 4.39. The molecular formula is C11H21N3O. The van der Waals surface area contributed by atoms with Crippen molar-refractivity contribution >= 4 is 6.03 Å². The molecule has 0 aromatic rings. The van der Waals surface area contributed by atoms with Gasteiger partial charge < -0.3 is 14.7 Å². The second-order valence-corrected chi connectivity index (χ2v) is 4.81. The highest BCUT2D eigenvalue weighted by atomic mass is 16.2. The Bertz CT molecular complexity index is 244. The summed E-state index contributed by atoms with van der Waals surface area (Å²) >= 11 is 0. The van der Waals surface area contributed by atoms with Crippen LogP contribution in [0.15, 0.2) is 0 Å². The molecule has 2 aliphatic heterocycles. The minimum Gasteiger partial charge on any atom is -0.328 e. The first-order chi connectivity index (χ1) is 7.18. The molecule has 1 unspecified atom stereocenters. The van der Waals surface area contributed by atoms with Crippen molar-refractivity contribution in [3.8, 4) is 0 Å². The van der Waals surface area contributed by atoms with Crippen LogP contribution in [0.3, 0.4) is 0 Å². The number of rotatable bonds is 1. The molecule has 1 atom stereocenters. The summed E-state index contributed by atoms with van der Waals surface area (Å²) in [5.74, 6) is 0. The Balaban J connectivity index is 1.99. The van der Waals surface area contributed by atoms with Crippen molar-refractivity contribution in [1.82, 2.24) is 14.7 Å². The molecule has 2 aliphatic rings. The van der Waals surface area contributed by atoms with Gasteiger partial charge in [0.15, 0.2) is 0 Å². The lowest BCUT2D eigenvalue weighted by atomic mass is 10.0. The molecule has 2 rings (SSSR count). The van der Waals surface area contributed by atoms with Gasteiger partial charge in [-0.15, -0.1) is 0 Å². The van der Waals surface area contributed by atoms with Gasteiger partial charge in [0.2, 0.25) is 0 Å². The third-order valence-corrected chi connectivity index (χ3v) is 3.51. The number of amides is 2. The monoisotopic (exact) mass is 211 g/mol. The molecule has 0 aliphatic carbocycles. The summed E-state index contributed by atoms with van der Waals surface area (Å²) in [5, 5.41) is 0. The van der Waals surface area contributed by atoms with E-state index < -0.39 is 0 Å². The molecule has 4 nitrogen and oxygen atoms in total. The predicted octanol–water partition coefficient (Wildman–Crippen LogP) is 0.838. The third-order valence-electron chi connectivity index (χ3n) is 3.51. The van der Waals surface area contributed by atoms with Crippen molar-refractivity contribution in [3.05, 3.63) is 0 Å². The van der Waals surface area contributed by atoms with Crippen molar-refractivity contribution in [2.75, 3.05) is 40.3 Å². The molecule has 2 fully saturated rings. The molecule has 86 valence electrons. The number of urea groups is 1. The Morgan fingerprint density at radius 2 is 1.93 bits per heavy atom. The zero-order valence-corrected chi connectivity index (χ0v) is 9.78. The molecule has 0 saturated carbocycles. The van der Waals surface area contributed by atoms with Gasteiger partial charge >= 0.3 is 6.03 Å². The molecule has 0 aromatic carbocycles. The lowest BCUT2D eigenvalue weighted by molar-refractivity contribution is 0.0864. The van der Waals surface area contributed by atoms with Crippen LogP contribution in [0.4, 0.5) is 4.79 Å². The van der Waals surface area contributed by atoms with Gasteiger partial charge in [-0.3, -0.25) is 0 Å². The van der Waals surface area contributed by atoms with Crippen LogP contribution >= 0.6 is 0 Å². The first-order valence-corrected chi connectivity index (χ1v) is 5.89.